The molecule has 7 heteroatoms. The second-order valence-electron chi connectivity index (χ2n) is 7.15. The normalized spacial score (nSPS) is 14.4. The Hall–Kier alpha value is -4.39. The maximum Gasteiger partial charge on any atom is 0.281 e. The zero-order chi connectivity index (χ0) is 22.7. The molecule has 1 aliphatic heterocycles. The third-order valence-corrected chi connectivity index (χ3v) is 4.87. The van der Waals surface area contributed by atoms with Crippen molar-refractivity contribution in [1.82, 2.24) is 0 Å². The molecule has 7 nitrogen and oxygen atoms in total. The summed E-state index contributed by atoms with van der Waals surface area (Å²) in [6, 6.07) is 21.2. The first kappa shape index (κ1) is 20.9. The molecular weight excluding hydrogens is 406 g/mol. The summed E-state index contributed by atoms with van der Waals surface area (Å²) in [5, 5.41) is 18.5. The van der Waals surface area contributed by atoms with Crippen molar-refractivity contribution in [2.75, 3.05) is 17.4 Å². The first-order valence-electron chi connectivity index (χ1n) is 9.91. The lowest BCUT2D eigenvalue weighted by molar-refractivity contribution is -0.115. The average molecular weight is 427 g/mol. The monoisotopic (exact) mass is 427 g/mol. The standard InChI is InChI=1S/C25H21N3O4/c1-16(29)26-19-9-11-20(12-10-19)28-25(31)21(24(27-28)18-6-4-3-5-7-18)14-17-8-13-22(30)23(15-17)32-2/h3-15,30H,1-2H3,(H,26,29). The molecule has 0 atom stereocenters. The van der Waals surface area contributed by atoms with Crippen LogP contribution in [0.2, 0.25) is 0 Å². The van der Waals surface area contributed by atoms with Crippen LogP contribution in [0.1, 0.15) is 18.1 Å². The number of nitrogens with one attached hydrogen (secondary N) is 1. The zero-order valence-corrected chi connectivity index (χ0v) is 17.6. The van der Waals surface area contributed by atoms with Gasteiger partial charge < -0.3 is 15.2 Å². The summed E-state index contributed by atoms with van der Waals surface area (Å²) >= 11 is 0. The van der Waals surface area contributed by atoms with E-state index in [4.69, 9.17) is 4.74 Å². The van der Waals surface area contributed by atoms with Crippen molar-refractivity contribution in [2.24, 2.45) is 5.10 Å². The molecule has 0 spiro atoms. The molecule has 0 fully saturated rings. The minimum atomic E-state index is -0.289. The predicted molar refractivity (Wildman–Crippen MR) is 124 cm³/mol. The van der Waals surface area contributed by atoms with Gasteiger partial charge in [-0.1, -0.05) is 36.4 Å². The maximum absolute atomic E-state index is 13.4. The van der Waals surface area contributed by atoms with Crippen molar-refractivity contribution in [3.05, 3.63) is 89.5 Å². The van der Waals surface area contributed by atoms with E-state index in [0.717, 1.165) is 5.56 Å². The highest BCUT2D eigenvalue weighted by Crippen LogP contribution is 2.31. The average Bonchev–Trinajstić information content (AvgIpc) is 3.12. The lowest BCUT2D eigenvalue weighted by Gasteiger charge is -2.12. The molecule has 0 unspecified atom stereocenters. The van der Waals surface area contributed by atoms with E-state index in [9.17, 15) is 14.7 Å². The number of anilines is 2. The van der Waals surface area contributed by atoms with E-state index >= 15 is 0 Å². The summed E-state index contributed by atoms with van der Waals surface area (Å²) in [6.45, 7) is 1.43. The van der Waals surface area contributed by atoms with Gasteiger partial charge in [0.2, 0.25) is 5.91 Å². The lowest BCUT2D eigenvalue weighted by Crippen LogP contribution is -2.21. The number of ether oxygens (including phenoxy) is 1. The number of phenols is 1. The second kappa shape index (κ2) is 8.77. The predicted octanol–water partition coefficient (Wildman–Crippen LogP) is 4.19. The summed E-state index contributed by atoms with van der Waals surface area (Å²) in [5.74, 6) is -0.129. The van der Waals surface area contributed by atoms with Crippen LogP contribution in [0.25, 0.3) is 6.08 Å². The number of benzene rings is 3. The molecule has 0 aromatic heterocycles. The van der Waals surface area contributed by atoms with E-state index in [-0.39, 0.29) is 17.6 Å². The van der Waals surface area contributed by atoms with Crippen LogP contribution in [0.15, 0.2) is 83.5 Å². The quantitative estimate of drug-likeness (QED) is 0.597. The number of rotatable bonds is 5. The Labute approximate surface area is 185 Å². The lowest BCUT2D eigenvalue weighted by atomic mass is 10.00. The Balaban J connectivity index is 1.76. The molecule has 0 saturated carbocycles. The fraction of sp³-hybridized carbons (Fsp3) is 0.0800. The van der Waals surface area contributed by atoms with Gasteiger partial charge in [-0.05, 0) is 48.0 Å². The topological polar surface area (TPSA) is 91.2 Å². The molecule has 2 N–H and O–H groups in total. The third-order valence-electron chi connectivity index (χ3n) is 4.87. The van der Waals surface area contributed by atoms with Crippen LogP contribution in [0.3, 0.4) is 0 Å². The third kappa shape index (κ3) is 4.22. The van der Waals surface area contributed by atoms with E-state index in [1.54, 1.807) is 42.5 Å². The first-order chi connectivity index (χ1) is 15.5. The van der Waals surface area contributed by atoms with Crippen LogP contribution in [0.4, 0.5) is 11.4 Å². The molecule has 4 rings (SSSR count). The van der Waals surface area contributed by atoms with Crippen LogP contribution < -0.4 is 15.1 Å². The fourth-order valence-electron chi connectivity index (χ4n) is 3.37. The van der Waals surface area contributed by atoms with Crippen LogP contribution in [-0.2, 0) is 9.59 Å². The summed E-state index contributed by atoms with van der Waals surface area (Å²) in [6.07, 6.45) is 1.72. The molecular formula is C25H21N3O4. The molecule has 2 amide bonds. The van der Waals surface area contributed by atoms with Crippen LogP contribution in [-0.4, -0.2) is 29.7 Å². The summed E-state index contributed by atoms with van der Waals surface area (Å²) in [7, 11) is 1.47. The fourth-order valence-corrected chi connectivity index (χ4v) is 3.37. The van der Waals surface area contributed by atoms with Crippen LogP contribution >= 0.6 is 0 Å². The smallest absolute Gasteiger partial charge is 0.281 e. The Kier molecular flexibility index (Phi) is 5.72. The minimum Gasteiger partial charge on any atom is -0.504 e. The second-order valence-corrected chi connectivity index (χ2v) is 7.15. The number of nitrogens with zero attached hydrogens (tertiary/aromatic N) is 2. The Morgan fingerprint density at radius 1 is 1.06 bits per heavy atom. The van der Waals surface area contributed by atoms with Crippen molar-refractivity contribution in [1.29, 1.82) is 0 Å². The van der Waals surface area contributed by atoms with E-state index < -0.39 is 0 Å². The molecule has 3 aromatic carbocycles. The van der Waals surface area contributed by atoms with Gasteiger partial charge in [0, 0.05) is 18.2 Å². The summed E-state index contributed by atoms with van der Waals surface area (Å²) < 4.78 is 5.18. The van der Waals surface area contributed by atoms with Gasteiger partial charge in [-0.15, -0.1) is 0 Å². The summed E-state index contributed by atoms with van der Waals surface area (Å²) in [4.78, 5) is 24.6. The van der Waals surface area contributed by atoms with Gasteiger partial charge in [0.15, 0.2) is 11.5 Å². The van der Waals surface area contributed by atoms with E-state index in [1.165, 1.54) is 25.1 Å². The van der Waals surface area contributed by atoms with Gasteiger partial charge in [0.05, 0.1) is 18.4 Å². The number of aromatic hydroxyl groups is 1. The number of hydrogen-bond acceptors (Lipinski definition) is 5. The number of carbonyl (C=O) groups excluding carboxylic acids is 2. The molecule has 3 aromatic rings. The van der Waals surface area contributed by atoms with E-state index in [0.29, 0.717) is 34.0 Å². The van der Waals surface area contributed by atoms with Gasteiger partial charge in [0.25, 0.3) is 5.91 Å². The largest absolute Gasteiger partial charge is 0.504 e. The highest BCUT2D eigenvalue weighted by atomic mass is 16.5. The van der Waals surface area contributed by atoms with E-state index in [1.807, 2.05) is 30.3 Å². The molecule has 1 aliphatic rings. The number of hydrogen-bond donors (Lipinski definition) is 2. The number of methoxy groups -OCH3 is 1. The molecule has 0 aliphatic carbocycles. The minimum absolute atomic E-state index is 0.0187. The molecule has 1 heterocycles. The molecule has 0 radical (unpaired) electrons. The van der Waals surface area contributed by atoms with Crippen molar-refractivity contribution in [3.63, 3.8) is 0 Å². The van der Waals surface area contributed by atoms with Crippen molar-refractivity contribution in [2.45, 2.75) is 6.92 Å². The highest BCUT2D eigenvalue weighted by Gasteiger charge is 2.32. The Morgan fingerprint density at radius 3 is 2.44 bits per heavy atom. The molecule has 32 heavy (non-hydrogen) atoms. The number of amides is 2. The molecule has 0 bridgehead atoms. The van der Waals surface area contributed by atoms with Crippen molar-refractivity contribution in [3.8, 4) is 11.5 Å². The number of hydrazone groups is 1. The molecule has 160 valence electrons. The SMILES string of the molecule is COc1cc(C=C2C(=O)N(c3ccc(NC(C)=O)cc3)N=C2c2ccccc2)ccc1O. The number of carbonyl (C=O) groups is 2. The van der Waals surface area contributed by atoms with Crippen molar-refractivity contribution >= 4 is 35.0 Å². The van der Waals surface area contributed by atoms with Crippen LogP contribution in [0.5, 0.6) is 11.5 Å². The highest BCUT2D eigenvalue weighted by molar-refractivity contribution is 6.37. The Morgan fingerprint density at radius 2 is 1.78 bits per heavy atom. The number of phenolic OH excluding ortho intramolecular Hbond substituents is 1. The van der Waals surface area contributed by atoms with Gasteiger partial charge in [0.1, 0.15) is 5.71 Å². The van der Waals surface area contributed by atoms with Gasteiger partial charge >= 0.3 is 0 Å². The van der Waals surface area contributed by atoms with E-state index in [2.05, 4.69) is 10.4 Å². The van der Waals surface area contributed by atoms with Gasteiger partial charge in [-0.3, -0.25) is 9.59 Å². The zero-order valence-electron chi connectivity index (χ0n) is 17.6. The molecule has 0 saturated heterocycles. The van der Waals surface area contributed by atoms with Crippen LogP contribution in [0, 0.1) is 0 Å². The van der Waals surface area contributed by atoms with Crippen molar-refractivity contribution < 1.29 is 19.4 Å². The van der Waals surface area contributed by atoms with Gasteiger partial charge in [-0.2, -0.15) is 10.1 Å². The summed E-state index contributed by atoms with van der Waals surface area (Å²) in [5.41, 5.74) is 3.64. The maximum atomic E-state index is 13.4. The van der Waals surface area contributed by atoms with Gasteiger partial charge in [-0.25, -0.2) is 0 Å². The Bertz CT molecular complexity index is 1230. The first-order valence-corrected chi connectivity index (χ1v) is 9.91.